The molecule has 172 valence electrons. The summed E-state index contributed by atoms with van der Waals surface area (Å²) in [6.45, 7) is 4.58. The molecule has 0 bridgehead atoms. The number of aliphatic hydroxyl groups is 1. The number of carbonyl (C=O) groups is 2. The van der Waals surface area contributed by atoms with Gasteiger partial charge >= 0.3 is 0 Å². The lowest BCUT2D eigenvalue weighted by Crippen LogP contribution is -2.31. The largest absolute Gasteiger partial charge is 0.507 e. The van der Waals surface area contributed by atoms with Crippen molar-refractivity contribution in [3.8, 4) is 5.75 Å². The fourth-order valence-electron chi connectivity index (χ4n) is 4.59. The van der Waals surface area contributed by atoms with Gasteiger partial charge in [-0.1, -0.05) is 29.8 Å². The Kier molecular flexibility index (Phi) is 6.24. The number of methoxy groups -OCH3 is 2. The van der Waals surface area contributed by atoms with Crippen molar-refractivity contribution in [3.63, 3.8) is 0 Å². The number of fused-ring (bicyclic) bond motifs is 1. The van der Waals surface area contributed by atoms with Crippen LogP contribution in [0, 0.1) is 13.8 Å². The number of benzene rings is 2. The first-order chi connectivity index (χ1) is 15.9. The van der Waals surface area contributed by atoms with Gasteiger partial charge in [-0.2, -0.15) is 0 Å². The molecule has 2 N–H and O–H groups in total. The molecule has 2 heterocycles. The molecule has 1 atom stereocenters. The number of Topliss-reactive ketones (excluding diaryl/α,β-unsaturated/α-hetero) is 1. The van der Waals surface area contributed by atoms with Crippen LogP contribution in [0.1, 0.15) is 34.8 Å². The second kappa shape index (κ2) is 9.11. The van der Waals surface area contributed by atoms with Crippen molar-refractivity contribution in [1.29, 1.82) is 0 Å². The Bertz CT molecular complexity index is 1260. The highest BCUT2D eigenvalue weighted by molar-refractivity contribution is 6.46. The third-order valence-electron chi connectivity index (χ3n) is 6.11. The maximum absolute atomic E-state index is 13.3. The molecule has 0 saturated carbocycles. The highest BCUT2D eigenvalue weighted by Gasteiger charge is 2.47. The Morgan fingerprint density at radius 2 is 1.88 bits per heavy atom. The molecule has 7 heteroatoms. The number of amides is 1. The number of ether oxygens (including phenoxy) is 2. The molecule has 1 aromatic heterocycles. The molecule has 1 aliphatic rings. The molecular formula is C26H28N2O5. The molecule has 33 heavy (non-hydrogen) atoms. The van der Waals surface area contributed by atoms with Gasteiger partial charge in [-0.3, -0.25) is 9.59 Å². The molecular weight excluding hydrogens is 420 g/mol. The summed E-state index contributed by atoms with van der Waals surface area (Å²) in [5.41, 5.74) is 3.88. The van der Waals surface area contributed by atoms with Gasteiger partial charge in [0.1, 0.15) is 11.5 Å². The normalized spacial score (nSPS) is 17.8. The molecule has 0 radical (unpaired) electrons. The fourth-order valence-corrected chi connectivity index (χ4v) is 4.59. The van der Waals surface area contributed by atoms with Crippen LogP contribution in [0.15, 0.2) is 48.0 Å². The van der Waals surface area contributed by atoms with E-state index in [1.54, 1.807) is 19.2 Å². The third kappa shape index (κ3) is 3.89. The van der Waals surface area contributed by atoms with Gasteiger partial charge in [0.25, 0.3) is 11.7 Å². The van der Waals surface area contributed by atoms with Gasteiger partial charge in [-0.05, 0) is 38.5 Å². The van der Waals surface area contributed by atoms with E-state index in [-0.39, 0.29) is 11.3 Å². The van der Waals surface area contributed by atoms with Crippen molar-refractivity contribution in [3.05, 3.63) is 70.4 Å². The van der Waals surface area contributed by atoms with Crippen LogP contribution in [0.3, 0.4) is 0 Å². The number of nitrogens with zero attached hydrogens (tertiary/aromatic N) is 1. The topological polar surface area (TPSA) is 91.9 Å². The first kappa shape index (κ1) is 22.6. The number of nitrogens with one attached hydrogen (secondary N) is 1. The number of aromatic nitrogens is 1. The molecule has 7 nitrogen and oxygen atoms in total. The average Bonchev–Trinajstić information content (AvgIpc) is 3.26. The van der Waals surface area contributed by atoms with Gasteiger partial charge in [0.2, 0.25) is 0 Å². The average molecular weight is 449 g/mol. The van der Waals surface area contributed by atoms with E-state index in [9.17, 15) is 14.7 Å². The lowest BCUT2D eigenvalue weighted by Gasteiger charge is -2.25. The molecule has 0 spiro atoms. The van der Waals surface area contributed by atoms with Crippen LogP contribution >= 0.6 is 0 Å². The highest BCUT2D eigenvalue weighted by atomic mass is 16.5. The van der Waals surface area contributed by atoms with Crippen molar-refractivity contribution >= 4 is 28.4 Å². The lowest BCUT2D eigenvalue weighted by molar-refractivity contribution is -0.140. The first-order valence-electron chi connectivity index (χ1n) is 10.9. The van der Waals surface area contributed by atoms with Crippen LogP contribution in [-0.2, 0) is 14.3 Å². The van der Waals surface area contributed by atoms with E-state index >= 15 is 0 Å². The van der Waals surface area contributed by atoms with Crippen molar-refractivity contribution in [2.24, 2.45) is 0 Å². The van der Waals surface area contributed by atoms with E-state index in [0.29, 0.717) is 30.9 Å². The maximum Gasteiger partial charge on any atom is 0.295 e. The Labute approximate surface area is 192 Å². The molecule has 1 unspecified atom stereocenters. The van der Waals surface area contributed by atoms with Crippen LogP contribution in [0.25, 0.3) is 16.7 Å². The zero-order chi connectivity index (χ0) is 23.7. The minimum absolute atomic E-state index is 0.0640. The van der Waals surface area contributed by atoms with Crippen molar-refractivity contribution < 1.29 is 24.2 Å². The smallest absolute Gasteiger partial charge is 0.295 e. The number of hydrogen-bond acceptors (Lipinski definition) is 5. The number of H-pyrrole nitrogens is 1. The maximum atomic E-state index is 13.3. The molecule has 0 aliphatic carbocycles. The van der Waals surface area contributed by atoms with Crippen molar-refractivity contribution in [2.75, 3.05) is 27.4 Å². The Morgan fingerprint density at radius 3 is 2.61 bits per heavy atom. The predicted octanol–water partition coefficient (Wildman–Crippen LogP) is 4.25. The van der Waals surface area contributed by atoms with Gasteiger partial charge in [0.05, 0.1) is 24.3 Å². The second-order valence-corrected chi connectivity index (χ2v) is 8.25. The molecule has 2 aromatic carbocycles. The second-order valence-electron chi connectivity index (χ2n) is 8.25. The van der Waals surface area contributed by atoms with Crippen LogP contribution < -0.4 is 4.74 Å². The summed E-state index contributed by atoms with van der Waals surface area (Å²) >= 11 is 0. The monoisotopic (exact) mass is 448 g/mol. The van der Waals surface area contributed by atoms with Crippen LogP contribution in [0.2, 0.25) is 0 Å². The standard InChI is InChI=1S/C26H28N2O5/c1-15-10-11-20(33-4)18(14-15)24(29)22-23(28(12-7-13-32-3)26(31)25(22)30)21-16(2)27-19-9-6-5-8-17(19)21/h5-6,8-11,14,23,27,29H,7,12-13H2,1-4H3/b24-22+. The van der Waals surface area contributed by atoms with E-state index < -0.39 is 17.7 Å². The van der Waals surface area contributed by atoms with Gasteiger partial charge < -0.3 is 24.5 Å². The number of para-hydroxylation sites is 1. The van der Waals surface area contributed by atoms with Crippen LogP contribution in [-0.4, -0.2) is 54.1 Å². The predicted molar refractivity (Wildman–Crippen MR) is 126 cm³/mol. The number of hydrogen-bond donors (Lipinski definition) is 2. The highest BCUT2D eigenvalue weighted by Crippen LogP contribution is 2.44. The third-order valence-corrected chi connectivity index (χ3v) is 6.11. The summed E-state index contributed by atoms with van der Waals surface area (Å²) in [7, 11) is 3.10. The summed E-state index contributed by atoms with van der Waals surface area (Å²) in [4.78, 5) is 31.4. The van der Waals surface area contributed by atoms with E-state index in [0.717, 1.165) is 27.7 Å². The Balaban J connectivity index is 1.97. The Morgan fingerprint density at radius 1 is 1.12 bits per heavy atom. The number of aliphatic hydroxyl groups excluding tert-OH is 1. The lowest BCUT2D eigenvalue weighted by atomic mass is 9.92. The summed E-state index contributed by atoms with van der Waals surface area (Å²) in [6.07, 6.45) is 0.565. The number of likely N-dealkylation sites (tertiary alicyclic amines) is 1. The molecule has 1 saturated heterocycles. The molecule has 1 aliphatic heterocycles. The van der Waals surface area contributed by atoms with Gasteiger partial charge in [0, 0.05) is 42.4 Å². The van der Waals surface area contributed by atoms with E-state index in [1.807, 2.05) is 44.2 Å². The minimum Gasteiger partial charge on any atom is -0.507 e. The number of ketones is 1. The van der Waals surface area contributed by atoms with E-state index in [4.69, 9.17) is 9.47 Å². The summed E-state index contributed by atoms with van der Waals surface area (Å²) in [6, 6.07) is 12.4. The zero-order valence-electron chi connectivity index (χ0n) is 19.3. The Hall–Kier alpha value is -3.58. The number of rotatable bonds is 7. The van der Waals surface area contributed by atoms with Gasteiger partial charge in [-0.25, -0.2) is 0 Å². The first-order valence-corrected chi connectivity index (χ1v) is 10.9. The number of carbonyl (C=O) groups excluding carboxylic acids is 2. The summed E-state index contributed by atoms with van der Waals surface area (Å²) in [5, 5.41) is 12.3. The van der Waals surface area contributed by atoms with Gasteiger partial charge in [-0.15, -0.1) is 0 Å². The number of aromatic amines is 1. The van der Waals surface area contributed by atoms with E-state index in [2.05, 4.69) is 4.98 Å². The fraction of sp³-hybridized carbons (Fsp3) is 0.308. The quantitative estimate of drug-likeness (QED) is 0.244. The molecule has 1 amide bonds. The van der Waals surface area contributed by atoms with Crippen molar-refractivity contribution in [1.82, 2.24) is 9.88 Å². The van der Waals surface area contributed by atoms with Crippen LogP contribution in [0.4, 0.5) is 0 Å². The van der Waals surface area contributed by atoms with Gasteiger partial charge in [0.15, 0.2) is 0 Å². The number of aryl methyl sites for hydroxylation is 2. The SMILES string of the molecule is COCCCN1C(=O)C(=O)/C(=C(/O)c2cc(C)ccc2OC)C1c1c(C)[nH]c2ccccc12. The molecule has 3 aromatic rings. The van der Waals surface area contributed by atoms with E-state index in [1.165, 1.54) is 12.0 Å². The molecule has 1 fully saturated rings. The minimum atomic E-state index is -0.733. The summed E-state index contributed by atoms with van der Waals surface area (Å²) in [5.74, 6) is -1.15. The van der Waals surface area contributed by atoms with Crippen LogP contribution in [0.5, 0.6) is 5.75 Å². The zero-order valence-corrected chi connectivity index (χ0v) is 19.3. The van der Waals surface area contributed by atoms with Crippen molar-refractivity contribution in [2.45, 2.75) is 26.3 Å². The summed E-state index contributed by atoms with van der Waals surface area (Å²) < 4.78 is 10.6. The molecule has 4 rings (SSSR count).